The van der Waals surface area contributed by atoms with E-state index in [-0.39, 0.29) is 0 Å². The third-order valence-electron chi connectivity index (χ3n) is 3.14. The van der Waals surface area contributed by atoms with E-state index < -0.39 is 12.0 Å². The lowest BCUT2D eigenvalue weighted by molar-refractivity contribution is -0.138. The molecule has 1 heterocycles. The molecule has 6 heteroatoms. The lowest BCUT2D eigenvalue weighted by Gasteiger charge is -2.07. The van der Waals surface area contributed by atoms with E-state index in [4.69, 9.17) is 10.8 Å². The molecule has 106 valence electrons. The van der Waals surface area contributed by atoms with E-state index in [0.717, 1.165) is 16.5 Å². The lowest BCUT2D eigenvalue weighted by Crippen LogP contribution is -2.20. The molecule has 21 heavy (non-hydrogen) atoms. The van der Waals surface area contributed by atoms with Gasteiger partial charge in [0.25, 0.3) is 0 Å². The first-order valence-electron chi connectivity index (χ1n) is 6.34. The van der Waals surface area contributed by atoms with Gasteiger partial charge in [0.2, 0.25) is 0 Å². The number of nitrogens with zero attached hydrogens (tertiary/aromatic N) is 1. The Kier molecular flexibility index (Phi) is 3.55. The molecule has 0 bridgehead atoms. The Bertz CT molecular complexity index is 795. The average Bonchev–Trinajstić information content (AvgIpc) is 2.95. The fourth-order valence-electron chi connectivity index (χ4n) is 2.06. The van der Waals surface area contributed by atoms with Gasteiger partial charge in [-0.1, -0.05) is 36.4 Å². The highest BCUT2D eigenvalue weighted by atomic mass is 32.1. The Morgan fingerprint density at radius 3 is 2.81 bits per heavy atom. The van der Waals surface area contributed by atoms with Gasteiger partial charge in [-0.15, -0.1) is 11.3 Å². The molecule has 0 saturated carbocycles. The highest BCUT2D eigenvalue weighted by molar-refractivity contribution is 7.13. The first kappa shape index (κ1) is 13.5. The standard InChI is InChI=1S/C15H13N3O2S/c16-13(14(19)20)12-8-21-15(18-12)17-11-7-3-5-9-4-1-2-6-10(9)11/h1-8,13H,16H2,(H,17,18)(H,19,20). The van der Waals surface area contributed by atoms with Crippen molar-refractivity contribution in [3.8, 4) is 0 Å². The number of hydrogen-bond acceptors (Lipinski definition) is 5. The molecule has 5 nitrogen and oxygen atoms in total. The number of carboxylic acids is 1. The van der Waals surface area contributed by atoms with E-state index in [1.54, 1.807) is 5.38 Å². The zero-order valence-corrected chi connectivity index (χ0v) is 11.8. The molecule has 0 aliphatic rings. The number of nitrogens with one attached hydrogen (secondary N) is 1. The van der Waals surface area contributed by atoms with Crippen LogP contribution in [-0.4, -0.2) is 16.1 Å². The van der Waals surface area contributed by atoms with Gasteiger partial charge in [0.05, 0.1) is 5.69 Å². The van der Waals surface area contributed by atoms with Gasteiger partial charge in [-0.2, -0.15) is 0 Å². The van der Waals surface area contributed by atoms with Crippen LogP contribution in [0.3, 0.4) is 0 Å². The molecule has 0 aliphatic heterocycles. The third kappa shape index (κ3) is 2.72. The van der Waals surface area contributed by atoms with Crippen molar-refractivity contribution >= 4 is 38.9 Å². The molecule has 1 atom stereocenters. The minimum absolute atomic E-state index is 0.357. The predicted octanol–water partition coefficient (Wildman–Crippen LogP) is 3.12. The summed E-state index contributed by atoms with van der Waals surface area (Å²) in [5, 5.41) is 16.6. The number of anilines is 2. The SMILES string of the molecule is NC(C(=O)O)c1csc(Nc2cccc3ccccc23)n1. The van der Waals surface area contributed by atoms with Gasteiger partial charge < -0.3 is 16.2 Å². The normalized spacial score (nSPS) is 12.2. The topological polar surface area (TPSA) is 88.2 Å². The van der Waals surface area contributed by atoms with Crippen molar-refractivity contribution in [3.05, 3.63) is 53.5 Å². The summed E-state index contributed by atoms with van der Waals surface area (Å²) in [5.74, 6) is -1.09. The van der Waals surface area contributed by atoms with E-state index in [1.165, 1.54) is 11.3 Å². The van der Waals surface area contributed by atoms with Gasteiger partial charge in [0.1, 0.15) is 6.04 Å². The summed E-state index contributed by atoms with van der Waals surface area (Å²) >= 11 is 1.33. The quantitative estimate of drug-likeness (QED) is 0.689. The second-order valence-electron chi connectivity index (χ2n) is 4.55. The second kappa shape index (κ2) is 5.51. The number of nitrogens with two attached hydrogens (primary N) is 1. The maximum atomic E-state index is 10.9. The Morgan fingerprint density at radius 2 is 2.00 bits per heavy atom. The van der Waals surface area contributed by atoms with Crippen LogP contribution in [0.4, 0.5) is 10.8 Å². The average molecular weight is 299 g/mol. The summed E-state index contributed by atoms with van der Waals surface area (Å²) < 4.78 is 0. The Hall–Kier alpha value is -2.44. The monoisotopic (exact) mass is 299 g/mol. The van der Waals surface area contributed by atoms with Gasteiger partial charge in [0.15, 0.2) is 5.13 Å². The largest absolute Gasteiger partial charge is 0.480 e. The maximum Gasteiger partial charge on any atom is 0.326 e. The third-order valence-corrected chi connectivity index (χ3v) is 3.91. The summed E-state index contributed by atoms with van der Waals surface area (Å²) in [6.45, 7) is 0. The van der Waals surface area contributed by atoms with E-state index in [1.807, 2.05) is 42.5 Å². The zero-order chi connectivity index (χ0) is 14.8. The maximum absolute atomic E-state index is 10.9. The Labute approximate surface area is 125 Å². The first-order chi connectivity index (χ1) is 10.1. The van der Waals surface area contributed by atoms with E-state index in [0.29, 0.717) is 10.8 Å². The van der Waals surface area contributed by atoms with Crippen molar-refractivity contribution in [2.45, 2.75) is 6.04 Å². The van der Waals surface area contributed by atoms with Crippen LogP contribution in [0.25, 0.3) is 10.8 Å². The summed E-state index contributed by atoms with van der Waals surface area (Å²) in [5.41, 5.74) is 6.84. The molecule has 0 fully saturated rings. The molecule has 3 aromatic rings. The molecule has 0 amide bonds. The number of aromatic nitrogens is 1. The van der Waals surface area contributed by atoms with E-state index in [9.17, 15) is 4.79 Å². The molecule has 3 rings (SSSR count). The fourth-order valence-corrected chi connectivity index (χ4v) is 2.82. The molecule has 0 spiro atoms. The van der Waals surface area contributed by atoms with Gasteiger partial charge in [-0.3, -0.25) is 4.79 Å². The number of hydrogen-bond donors (Lipinski definition) is 3. The van der Waals surface area contributed by atoms with Crippen LogP contribution in [0.5, 0.6) is 0 Å². The van der Waals surface area contributed by atoms with Crippen molar-refractivity contribution in [1.29, 1.82) is 0 Å². The van der Waals surface area contributed by atoms with Gasteiger partial charge in [-0.25, -0.2) is 4.98 Å². The number of aliphatic carboxylic acids is 1. The predicted molar refractivity (Wildman–Crippen MR) is 83.9 cm³/mol. The molecule has 0 aliphatic carbocycles. The molecular weight excluding hydrogens is 286 g/mol. The number of rotatable bonds is 4. The highest BCUT2D eigenvalue weighted by Gasteiger charge is 2.17. The summed E-state index contributed by atoms with van der Waals surface area (Å²) in [7, 11) is 0. The number of carboxylic acid groups (broad SMARTS) is 1. The minimum atomic E-state index is -1.09. The summed E-state index contributed by atoms with van der Waals surface area (Å²) in [6, 6.07) is 12.9. The molecule has 2 aromatic carbocycles. The summed E-state index contributed by atoms with van der Waals surface area (Å²) in [6.07, 6.45) is 0. The number of carbonyl (C=O) groups is 1. The molecule has 1 aromatic heterocycles. The van der Waals surface area contributed by atoms with Crippen molar-refractivity contribution in [2.24, 2.45) is 5.73 Å². The fraction of sp³-hybridized carbons (Fsp3) is 0.0667. The van der Waals surface area contributed by atoms with Crippen molar-refractivity contribution < 1.29 is 9.90 Å². The Balaban J connectivity index is 1.91. The van der Waals surface area contributed by atoms with Gasteiger partial charge >= 0.3 is 5.97 Å². The highest BCUT2D eigenvalue weighted by Crippen LogP contribution is 2.28. The molecule has 4 N–H and O–H groups in total. The second-order valence-corrected chi connectivity index (χ2v) is 5.40. The lowest BCUT2D eigenvalue weighted by atomic mass is 10.1. The van der Waals surface area contributed by atoms with E-state index >= 15 is 0 Å². The van der Waals surface area contributed by atoms with Gasteiger partial charge in [-0.05, 0) is 11.5 Å². The Morgan fingerprint density at radius 1 is 1.24 bits per heavy atom. The molecular formula is C15H13N3O2S. The van der Waals surface area contributed by atoms with Crippen LogP contribution >= 0.6 is 11.3 Å². The van der Waals surface area contributed by atoms with Crippen LogP contribution in [0, 0.1) is 0 Å². The summed E-state index contributed by atoms with van der Waals surface area (Å²) in [4.78, 5) is 15.1. The van der Waals surface area contributed by atoms with Crippen LogP contribution in [0.15, 0.2) is 47.8 Å². The molecule has 0 saturated heterocycles. The van der Waals surface area contributed by atoms with Crippen molar-refractivity contribution in [3.63, 3.8) is 0 Å². The van der Waals surface area contributed by atoms with Crippen molar-refractivity contribution in [2.75, 3.05) is 5.32 Å². The van der Waals surface area contributed by atoms with Crippen LogP contribution < -0.4 is 11.1 Å². The molecule has 0 radical (unpaired) electrons. The minimum Gasteiger partial charge on any atom is -0.480 e. The number of thiazole rings is 1. The smallest absolute Gasteiger partial charge is 0.326 e. The zero-order valence-electron chi connectivity index (χ0n) is 11.0. The first-order valence-corrected chi connectivity index (χ1v) is 7.22. The number of fused-ring (bicyclic) bond motifs is 1. The van der Waals surface area contributed by atoms with E-state index in [2.05, 4.69) is 10.3 Å². The van der Waals surface area contributed by atoms with Crippen LogP contribution in [-0.2, 0) is 4.79 Å². The van der Waals surface area contributed by atoms with Crippen molar-refractivity contribution in [1.82, 2.24) is 4.98 Å². The number of benzene rings is 2. The van der Waals surface area contributed by atoms with Crippen LogP contribution in [0.1, 0.15) is 11.7 Å². The molecule has 1 unspecified atom stereocenters. The van der Waals surface area contributed by atoms with Gasteiger partial charge in [0, 0.05) is 16.5 Å². The van der Waals surface area contributed by atoms with Crippen LogP contribution in [0.2, 0.25) is 0 Å².